The number of rotatable bonds is 4. The second-order valence-electron chi connectivity index (χ2n) is 6.53. The van der Waals surface area contributed by atoms with Crippen molar-refractivity contribution in [3.63, 3.8) is 0 Å². The van der Waals surface area contributed by atoms with E-state index in [0.29, 0.717) is 5.69 Å². The van der Waals surface area contributed by atoms with Gasteiger partial charge in [-0.15, -0.1) is 0 Å². The van der Waals surface area contributed by atoms with E-state index in [1.807, 2.05) is 91.0 Å². The van der Waals surface area contributed by atoms with Crippen LogP contribution in [-0.4, -0.2) is 23.7 Å². The number of carbonyl (C=O) groups is 2. The van der Waals surface area contributed by atoms with Gasteiger partial charge in [-0.25, -0.2) is 15.0 Å². The third-order valence-electron chi connectivity index (χ3n) is 4.88. The Morgan fingerprint density at radius 3 is 1.83 bits per heavy atom. The summed E-state index contributed by atoms with van der Waals surface area (Å²) in [7, 11) is 0. The quantitative estimate of drug-likeness (QED) is 0.717. The van der Waals surface area contributed by atoms with E-state index in [1.165, 1.54) is 5.01 Å². The van der Waals surface area contributed by atoms with E-state index >= 15 is 0 Å². The summed E-state index contributed by atoms with van der Waals surface area (Å²) in [6, 6.07) is 27.8. The van der Waals surface area contributed by atoms with E-state index in [4.69, 9.17) is 4.74 Å². The summed E-state index contributed by atoms with van der Waals surface area (Å²) < 4.78 is 5.30. The molecule has 0 unspecified atom stereocenters. The number of hydrazine groups is 1. The molecule has 0 aliphatic carbocycles. The molecule has 0 saturated carbocycles. The summed E-state index contributed by atoms with van der Waals surface area (Å²) in [6.07, 6.45) is -0.632. The molecule has 1 aliphatic rings. The fraction of sp³-hybridized carbons (Fsp3) is 0.130. The van der Waals surface area contributed by atoms with Crippen LogP contribution in [0.1, 0.15) is 18.1 Å². The smallest absolute Gasteiger partial charge is 0.431 e. The minimum atomic E-state index is -1.26. The summed E-state index contributed by atoms with van der Waals surface area (Å²) in [5, 5.41) is 1.27. The predicted molar refractivity (Wildman–Crippen MR) is 110 cm³/mol. The Kier molecular flexibility index (Phi) is 4.91. The average molecular weight is 387 g/mol. The molecule has 3 amide bonds. The summed E-state index contributed by atoms with van der Waals surface area (Å²) in [5.41, 5.74) is 3.62. The van der Waals surface area contributed by atoms with E-state index in [2.05, 4.69) is 5.43 Å². The van der Waals surface area contributed by atoms with E-state index in [0.717, 1.165) is 11.1 Å². The van der Waals surface area contributed by atoms with Crippen molar-refractivity contribution in [1.29, 1.82) is 0 Å². The van der Waals surface area contributed by atoms with Crippen LogP contribution in [0.3, 0.4) is 0 Å². The maximum atomic E-state index is 13.2. The lowest BCUT2D eigenvalue weighted by atomic mass is 9.89. The van der Waals surface area contributed by atoms with Crippen LogP contribution < -0.4 is 10.3 Å². The second-order valence-corrected chi connectivity index (χ2v) is 6.53. The Hall–Kier alpha value is -3.80. The van der Waals surface area contributed by atoms with Crippen molar-refractivity contribution < 1.29 is 14.3 Å². The van der Waals surface area contributed by atoms with Crippen LogP contribution in [-0.2, 0) is 10.4 Å². The number of benzene rings is 3. The first-order valence-corrected chi connectivity index (χ1v) is 9.43. The lowest BCUT2D eigenvalue weighted by Gasteiger charge is -2.41. The van der Waals surface area contributed by atoms with Gasteiger partial charge in [-0.05, 0) is 19.1 Å². The van der Waals surface area contributed by atoms with Gasteiger partial charge in [0, 0.05) is 16.8 Å². The first-order chi connectivity index (χ1) is 14.2. The van der Waals surface area contributed by atoms with Crippen molar-refractivity contribution in [2.45, 2.75) is 12.6 Å². The highest BCUT2D eigenvalue weighted by Crippen LogP contribution is 2.44. The van der Waals surface area contributed by atoms with E-state index in [-0.39, 0.29) is 6.61 Å². The highest BCUT2D eigenvalue weighted by molar-refractivity contribution is 5.99. The molecular formula is C23H21N3O3. The first kappa shape index (κ1) is 18.6. The molecular weight excluding hydrogens is 366 g/mol. The zero-order valence-corrected chi connectivity index (χ0v) is 16.0. The van der Waals surface area contributed by atoms with Gasteiger partial charge in [0.25, 0.3) is 0 Å². The number of nitrogens with zero attached hydrogens (tertiary/aromatic N) is 2. The number of nitrogens with one attached hydrogen (secondary N) is 1. The molecule has 1 N–H and O–H groups in total. The predicted octanol–water partition coefficient (Wildman–Crippen LogP) is 4.49. The Morgan fingerprint density at radius 2 is 1.34 bits per heavy atom. The molecule has 4 rings (SSSR count). The molecule has 0 bridgehead atoms. The Morgan fingerprint density at radius 1 is 0.862 bits per heavy atom. The fourth-order valence-corrected chi connectivity index (χ4v) is 3.74. The van der Waals surface area contributed by atoms with Crippen LogP contribution in [0.5, 0.6) is 0 Å². The van der Waals surface area contributed by atoms with Crippen LogP contribution in [0.25, 0.3) is 0 Å². The van der Waals surface area contributed by atoms with Gasteiger partial charge >= 0.3 is 12.1 Å². The molecule has 3 aromatic rings. The third kappa shape index (κ3) is 2.99. The largest absolute Gasteiger partial charge is 0.448 e. The molecule has 6 heteroatoms. The summed E-state index contributed by atoms with van der Waals surface area (Å²) in [4.78, 5) is 27.8. The summed E-state index contributed by atoms with van der Waals surface area (Å²) >= 11 is 0. The SMILES string of the molecule is CCOC(=O)N1NC(=O)N(c2ccccc2)C1(c1ccccc1)c1ccccc1. The van der Waals surface area contributed by atoms with E-state index < -0.39 is 17.8 Å². The van der Waals surface area contributed by atoms with Gasteiger partial charge in [0.1, 0.15) is 0 Å². The van der Waals surface area contributed by atoms with Gasteiger partial charge in [0.15, 0.2) is 5.66 Å². The standard InChI is InChI=1S/C23H21N3O3/c1-2-29-22(28)26-23(18-12-6-3-7-13-18,19-14-8-4-9-15-19)25(21(27)24-26)20-16-10-5-11-17-20/h3-17H,2H2,1H3,(H,24,27). The number of ether oxygens (including phenoxy) is 1. The van der Waals surface area contributed by atoms with Crippen molar-refractivity contribution >= 4 is 17.8 Å². The average Bonchev–Trinajstić information content (AvgIpc) is 3.09. The molecule has 1 saturated heterocycles. The molecule has 146 valence electrons. The zero-order valence-electron chi connectivity index (χ0n) is 16.0. The summed E-state index contributed by atoms with van der Waals surface area (Å²) in [5.74, 6) is 0. The highest BCUT2D eigenvalue weighted by Gasteiger charge is 2.57. The number of anilines is 1. The molecule has 0 radical (unpaired) electrons. The van der Waals surface area contributed by atoms with Gasteiger partial charge in [0.05, 0.1) is 6.61 Å². The highest BCUT2D eigenvalue weighted by atomic mass is 16.6. The minimum Gasteiger partial charge on any atom is -0.448 e. The van der Waals surface area contributed by atoms with Crippen LogP contribution in [0.15, 0.2) is 91.0 Å². The van der Waals surface area contributed by atoms with Gasteiger partial charge in [-0.3, -0.25) is 4.90 Å². The van der Waals surface area contributed by atoms with Crippen molar-refractivity contribution in [2.24, 2.45) is 0 Å². The fourth-order valence-electron chi connectivity index (χ4n) is 3.74. The number of urea groups is 1. The molecule has 1 heterocycles. The van der Waals surface area contributed by atoms with Gasteiger partial charge in [-0.1, -0.05) is 78.9 Å². The minimum absolute atomic E-state index is 0.191. The third-order valence-corrected chi connectivity index (χ3v) is 4.88. The first-order valence-electron chi connectivity index (χ1n) is 9.43. The molecule has 0 atom stereocenters. The Labute approximate surface area is 169 Å². The Balaban J connectivity index is 2.04. The van der Waals surface area contributed by atoms with Crippen molar-refractivity contribution in [3.05, 3.63) is 102 Å². The van der Waals surface area contributed by atoms with Crippen LogP contribution >= 0.6 is 0 Å². The van der Waals surface area contributed by atoms with Crippen LogP contribution in [0, 0.1) is 0 Å². The van der Waals surface area contributed by atoms with Crippen molar-refractivity contribution in [3.8, 4) is 0 Å². The molecule has 3 aromatic carbocycles. The topological polar surface area (TPSA) is 61.9 Å². The maximum absolute atomic E-state index is 13.2. The molecule has 29 heavy (non-hydrogen) atoms. The monoisotopic (exact) mass is 387 g/mol. The van der Waals surface area contributed by atoms with Gasteiger partial charge in [0.2, 0.25) is 0 Å². The maximum Gasteiger partial charge on any atom is 0.431 e. The molecule has 0 aromatic heterocycles. The van der Waals surface area contributed by atoms with Gasteiger partial charge < -0.3 is 4.74 Å². The van der Waals surface area contributed by atoms with Crippen LogP contribution in [0.4, 0.5) is 15.3 Å². The van der Waals surface area contributed by atoms with E-state index in [1.54, 1.807) is 11.8 Å². The number of hydrogen-bond donors (Lipinski definition) is 1. The second kappa shape index (κ2) is 7.67. The molecule has 6 nitrogen and oxygen atoms in total. The van der Waals surface area contributed by atoms with Crippen molar-refractivity contribution in [2.75, 3.05) is 11.5 Å². The number of carbonyl (C=O) groups excluding carboxylic acids is 2. The molecule has 0 spiro atoms. The molecule has 1 aliphatic heterocycles. The van der Waals surface area contributed by atoms with E-state index in [9.17, 15) is 9.59 Å². The zero-order chi connectivity index (χ0) is 20.3. The van der Waals surface area contributed by atoms with Gasteiger partial charge in [-0.2, -0.15) is 5.01 Å². The number of amides is 3. The Bertz CT molecular complexity index is 954. The van der Waals surface area contributed by atoms with Crippen molar-refractivity contribution in [1.82, 2.24) is 10.4 Å². The number of hydrogen-bond acceptors (Lipinski definition) is 3. The molecule has 1 fully saturated rings. The van der Waals surface area contributed by atoms with Crippen LogP contribution in [0.2, 0.25) is 0 Å². The lowest BCUT2D eigenvalue weighted by Crippen LogP contribution is -2.56. The summed E-state index contributed by atoms with van der Waals surface area (Å²) in [6.45, 7) is 1.92. The lowest BCUT2D eigenvalue weighted by molar-refractivity contribution is 0.0650. The normalized spacial score (nSPS) is 15.1. The number of para-hydroxylation sites is 1.